The van der Waals surface area contributed by atoms with Crippen LogP contribution in [0.4, 0.5) is 10.7 Å². The Labute approximate surface area is 131 Å². The van der Waals surface area contributed by atoms with Crippen molar-refractivity contribution in [2.45, 2.75) is 20.3 Å². The minimum absolute atomic E-state index is 0.0864. The van der Waals surface area contributed by atoms with Crippen molar-refractivity contribution < 1.29 is 9.72 Å². The molecule has 7 heteroatoms. The van der Waals surface area contributed by atoms with Gasteiger partial charge in [-0.25, -0.2) is 0 Å². The fourth-order valence-corrected chi connectivity index (χ4v) is 3.06. The van der Waals surface area contributed by atoms with Crippen LogP contribution in [0.3, 0.4) is 0 Å². The van der Waals surface area contributed by atoms with E-state index in [0.29, 0.717) is 16.1 Å². The maximum absolute atomic E-state index is 12.1. The van der Waals surface area contributed by atoms with Gasteiger partial charge in [0.1, 0.15) is 11.1 Å². The molecular formula is C15H13N3O3S. The van der Waals surface area contributed by atoms with Crippen LogP contribution in [0.1, 0.15) is 21.6 Å². The zero-order valence-electron chi connectivity index (χ0n) is 12.0. The van der Waals surface area contributed by atoms with Crippen molar-refractivity contribution in [1.82, 2.24) is 0 Å². The summed E-state index contributed by atoms with van der Waals surface area (Å²) in [5.74, 6) is -0.382. The normalized spacial score (nSPS) is 10.0. The molecule has 0 unspecified atom stereocenters. The lowest BCUT2D eigenvalue weighted by atomic mass is 10.1. The molecule has 0 saturated heterocycles. The average molecular weight is 315 g/mol. The molecule has 0 atom stereocenters. The van der Waals surface area contributed by atoms with Crippen LogP contribution in [-0.2, 0) is 11.2 Å². The van der Waals surface area contributed by atoms with Crippen LogP contribution in [0.15, 0.2) is 24.3 Å². The second-order valence-corrected chi connectivity index (χ2v) is 5.93. The van der Waals surface area contributed by atoms with Gasteiger partial charge in [-0.1, -0.05) is 18.2 Å². The van der Waals surface area contributed by atoms with Gasteiger partial charge in [0.25, 0.3) is 5.69 Å². The molecule has 0 saturated carbocycles. The Morgan fingerprint density at radius 3 is 2.73 bits per heavy atom. The van der Waals surface area contributed by atoms with Gasteiger partial charge in [-0.15, -0.1) is 11.3 Å². The van der Waals surface area contributed by atoms with Gasteiger partial charge in [0.2, 0.25) is 5.91 Å². The largest absolute Gasteiger partial charge is 0.316 e. The highest BCUT2D eigenvalue weighted by Crippen LogP contribution is 2.31. The molecule has 1 amide bonds. The molecule has 0 aliphatic rings. The Bertz CT molecular complexity index is 790. The molecule has 0 aliphatic heterocycles. The van der Waals surface area contributed by atoms with Gasteiger partial charge in [-0.2, -0.15) is 5.26 Å². The number of hydrogen-bond donors (Lipinski definition) is 1. The summed E-state index contributed by atoms with van der Waals surface area (Å²) >= 11 is 1.33. The molecule has 2 aromatic rings. The first-order chi connectivity index (χ1) is 10.4. The van der Waals surface area contributed by atoms with Crippen molar-refractivity contribution in [1.29, 1.82) is 5.26 Å². The van der Waals surface area contributed by atoms with Gasteiger partial charge in [0.15, 0.2) is 0 Å². The van der Waals surface area contributed by atoms with E-state index in [4.69, 9.17) is 5.26 Å². The lowest BCUT2D eigenvalue weighted by molar-refractivity contribution is -0.385. The average Bonchev–Trinajstić information content (AvgIpc) is 2.73. The van der Waals surface area contributed by atoms with Crippen molar-refractivity contribution >= 4 is 27.9 Å². The molecule has 1 aromatic heterocycles. The third-order valence-electron chi connectivity index (χ3n) is 3.29. The molecule has 1 aromatic carbocycles. The van der Waals surface area contributed by atoms with Crippen LogP contribution in [0.25, 0.3) is 0 Å². The second-order valence-electron chi connectivity index (χ2n) is 4.71. The van der Waals surface area contributed by atoms with Crippen LogP contribution in [0, 0.1) is 35.3 Å². The standard InChI is InChI=1S/C15H13N3O3S/c1-9-10(2)22-15(12(9)8-16)17-14(19)7-11-5-3-4-6-13(11)18(20)21/h3-6H,7H2,1-2H3,(H,17,19). The van der Waals surface area contributed by atoms with Crippen LogP contribution >= 0.6 is 11.3 Å². The number of amides is 1. The Morgan fingerprint density at radius 1 is 1.41 bits per heavy atom. The van der Waals surface area contributed by atoms with E-state index in [0.717, 1.165) is 10.4 Å². The minimum atomic E-state index is -0.511. The second kappa shape index (κ2) is 6.37. The lowest BCUT2D eigenvalue weighted by Gasteiger charge is -2.04. The van der Waals surface area contributed by atoms with E-state index in [9.17, 15) is 14.9 Å². The van der Waals surface area contributed by atoms with Gasteiger partial charge in [0, 0.05) is 16.5 Å². The van der Waals surface area contributed by atoms with Crippen LogP contribution in [0.5, 0.6) is 0 Å². The van der Waals surface area contributed by atoms with Crippen LogP contribution < -0.4 is 5.32 Å². The number of nitriles is 1. The number of carbonyl (C=O) groups excluding carboxylic acids is 1. The predicted molar refractivity (Wildman–Crippen MR) is 83.9 cm³/mol. The van der Waals surface area contributed by atoms with Crippen molar-refractivity contribution in [3.8, 4) is 6.07 Å². The summed E-state index contributed by atoms with van der Waals surface area (Å²) < 4.78 is 0. The lowest BCUT2D eigenvalue weighted by Crippen LogP contribution is -2.15. The Morgan fingerprint density at radius 2 is 2.09 bits per heavy atom. The highest BCUT2D eigenvalue weighted by molar-refractivity contribution is 7.16. The quantitative estimate of drug-likeness (QED) is 0.691. The maximum Gasteiger partial charge on any atom is 0.273 e. The smallest absolute Gasteiger partial charge is 0.273 e. The molecule has 6 nitrogen and oxygen atoms in total. The van der Waals surface area contributed by atoms with E-state index in [-0.39, 0.29) is 18.0 Å². The molecule has 0 spiro atoms. The summed E-state index contributed by atoms with van der Waals surface area (Å²) in [5, 5.41) is 23.3. The summed E-state index contributed by atoms with van der Waals surface area (Å²) in [6, 6.07) is 8.19. The first-order valence-corrected chi connectivity index (χ1v) is 7.28. The molecule has 0 radical (unpaired) electrons. The van der Waals surface area contributed by atoms with Gasteiger partial charge in [-0.3, -0.25) is 14.9 Å². The number of aryl methyl sites for hydroxylation is 1. The molecule has 112 valence electrons. The maximum atomic E-state index is 12.1. The first-order valence-electron chi connectivity index (χ1n) is 6.46. The van der Waals surface area contributed by atoms with Gasteiger partial charge < -0.3 is 5.32 Å². The number of rotatable bonds is 4. The summed E-state index contributed by atoms with van der Waals surface area (Å²) in [6.07, 6.45) is -0.113. The fourth-order valence-electron chi connectivity index (χ4n) is 2.03. The topological polar surface area (TPSA) is 96.0 Å². The summed E-state index contributed by atoms with van der Waals surface area (Å²) in [5.41, 5.74) is 1.54. The zero-order chi connectivity index (χ0) is 16.3. The molecule has 0 fully saturated rings. The number of para-hydroxylation sites is 1. The minimum Gasteiger partial charge on any atom is -0.316 e. The molecule has 22 heavy (non-hydrogen) atoms. The van der Waals surface area contributed by atoms with Gasteiger partial charge >= 0.3 is 0 Å². The highest BCUT2D eigenvalue weighted by Gasteiger charge is 2.18. The number of thiophene rings is 1. The summed E-state index contributed by atoms with van der Waals surface area (Å²) in [4.78, 5) is 23.5. The monoisotopic (exact) mass is 315 g/mol. The number of hydrogen-bond acceptors (Lipinski definition) is 5. The number of anilines is 1. The zero-order valence-corrected chi connectivity index (χ0v) is 12.9. The molecule has 0 aliphatic carbocycles. The van der Waals surface area contributed by atoms with Gasteiger partial charge in [-0.05, 0) is 19.4 Å². The molecule has 0 bridgehead atoms. The Balaban J connectivity index is 2.20. The van der Waals surface area contributed by atoms with Crippen LogP contribution in [-0.4, -0.2) is 10.8 Å². The molecular weight excluding hydrogens is 302 g/mol. The molecule has 1 N–H and O–H groups in total. The summed E-state index contributed by atoms with van der Waals surface area (Å²) in [7, 11) is 0. The number of nitro groups is 1. The summed E-state index contributed by atoms with van der Waals surface area (Å²) in [6.45, 7) is 3.70. The Hall–Kier alpha value is -2.72. The van der Waals surface area contributed by atoms with Gasteiger partial charge in [0.05, 0.1) is 16.9 Å². The van der Waals surface area contributed by atoms with Crippen molar-refractivity contribution in [2.24, 2.45) is 0 Å². The highest BCUT2D eigenvalue weighted by atomic mass is 32.1. The van der Waals surface area contributed by atoms with E-state index >= 15 is 0 Å². The number of nitro benzene ring substituents is 1. The third kappa shape index (κ3) is 3.13. The van der Waals surface area contributed by atoms with E-state index in [1.807, 2.05) is 13.8 Å². The third-order valence-corrected chi connectivity index (χ3v) is 4.41. The Kier molecular flexibility index (Phi) is 4.53. The number of nitrogens with zero attached hydrogens (tertiary/aromatic N) is 2. The van der Waals surface area contributed by atoms with E-state index < -0.39 is 4.92 Å². The number of nitrogens with one attached hydrogen (secondary N) is 1. The molecule has 1 heterocycles. The van der Waals surface area contributed by atoms with Crippen molar-refractivity contribution in [3.63, 3.8) is 0 Å². The van der Waals surface area contributed by atoms with E-state index in [2.05, 4.69) is 11.4 Å². The van der Waals surface area contributed by atoms with Crippen molar-refractivity contribution in [3.05, 3.63) is 55.9 Å². The van der Waals surface area contributed by atoms with Crippen LogP contribution in [0.2, 0.25) is 0 Å². The molecule has 2 rings (SSSR count). The van der Waals surface area contributed by atoms with Crippen molar-refractivity contribution in [2.75, 3.05) is 5.32 Å². The van der Waals surface area contributed by atoms with E-state index in [1.165, 1.54) is 17.4 Å². The predicted octanol–water partition coefficient (Wildman–Crippen LogP) is 3.33. The van der Waals surface area contributed by atoms with E-state index in [1.54, 1.807) is 18.2 Å². The first kappa shape index (κ1) is 15.7. The fraction of sp³-hybridized carbons (Fsp3) is 0.200. The number of carbonyl (C=O) groups is 1. The SMILES string of the molecule is Cc1sc(NC(=O)Cc2ccccc2[N+](=O)[O-])c(C#N)c1C. The number of benzene rings is 1.